The standard InChI is InChI=1S/C17H28ClN3/c1-5-8-19-10-14-6-7-15(9-16(14)18)21-11-13(2)17(12-21)20(3)4/h6-7,9,13,17,19H,5,8,10-12H2,1-4H3. The minimum atomic E-state index is 0.620. The van der Waals surface area contributed by atoms with Gasteiger partial charge in [0.2, 0.25) is 0 Å². The van der Waals surface area contributed by atoms with Crippen LogP contribution in [0.1, 0.15) is 25.8 Å². The van der Waals surface area contributed by atoms with Crippen molar-refractivity contribution in [1.82, 2.24) is 10.2 Å². The molecule has 1 aliphatic heterocycles. The Kier molecular flexibility index (Phi) is 5.91. The van der Waals surface area contributed by atoms with Gasteiger partial charge in [-0.25, -0.2) is 0 Å². The Morgan fingerprint density at radius 2 is 2.10 bits per heavy atom. The summed E-state index contributed by atoms with van der Waals surface area (Å²) in [5, 5.41) is 4.28. The van der Waals surface area contributed by atoms with Gasteiger partial charge < -0.3 is 15.1 Å². The lowest BCUT2D eigenvalue weighted by atomic mass is 10.1. The Morgan fingerprint density at radius 1 is 1.33 bits per heavy atom. The van der Waals surface area contributed by atoms with E-state index < -0.39 is 0 Å². The van der Waals surface area contributed by atoms with Crippen molar-refractivity contribution in [2.24, 2.45) is 5.92 Å². The monoisotopic (exact) mass is 309 g/mol. The van der Waals surface area contributed by atoms with E-state index >= 15 is 0 Å². The number of hydrogen-bond donors (Lipinski definition) is 1. The molecule has 1 fully saturated rings. The highest BCUT2D eigenvalue weighted by atomic mass is 35.5. The van der Waals surface area contributed by atoms with Crippen molar-refractivity contribution >= 4 is 17.3 Å². The number of benzene rings is 1. The zero-order valence-corrected chi connectivity index (χ0v) is 14.5. The highest BCUT2D eigenvalue weighted by Crippen LogP contribution is 2.29. The number of nitrogens with zero attached hydrogens (tertiary/aromatic N) is 2. The van der Waals surface area contributed by atoms with Crippen LogP contribution in [0.25, 0.3) is 0 Å². The molecular formula is C17H28ClN3. The van der Waals surface area contributed by atoms with E-state index in [4.69, 9.17) is 11.6 Å². The lowest BCUT2D eigenvalue weighted by molar-refractivity contribution is 0.266. The lowest BCUT2D eigenvalue weighted by Crippen LogP contribution is -2.34. The van der Waals surface area contributed by atoms with Gasteiger partial charge in [0, 0.05) is 36.4 Å². The van der Waals surface area contributed by atoms with Gasteiger partial charge in [0.1, 0.15) is 0 Å². The van der Waals surface area contributed by atoms with Gasteiger partial charge in [-0.3, -0.25) is 0 Å². The van der Waals surface area contributed by atoms with E-state index in [9.17, 15) is 0 Å². The number of likely N-dealkylation sites (N-methyl/N-ethyl adjacent to an activating group) is 1. The summed E-state index contributed by atoms with van der Waals surface area (Å²) in [6, 6.07) is 7.11. The third-order valence-corrected chi connectivity index (χ3v) is 4.73. The van der Waals surface area contributed by atoms with Gasteiger partial charge >= 0.3 is 0 Å². The molecule has 21 heavy (non-hydrogen) atoms. The number of rotatable bonds is 6. The van der Waals surface area contributed by atoms with Crippen molar-refractivity contribution in [3.8, 4) is 0 Å². The number of hydrogen-bond acceptors (Lipinski definition) is 3. The summed E-state index contributed by atoms with van der Waals surface area (Å²) < 4.78 is 0. The number of halogens is 1. The first-order valence-corrected chi connectivity index (χ1v) is 8.31. The minimum absolute atomic E-state index is 0.620. The number of nitrogens with one attached hydrogen (secondary N) is 1. The first-order valence-electron chi connectivity index (χ1n) is 7.93. The van der Waals surface area contributed by atoms with Crippen molar-refractivity contribution in [2.45, 2.75) is 32.9 Å². The van der Waals surface area contributed by atoms with Gasteiger partial charge in [0.05, 0.1) is 0 Å². The van der Waals surface area contributed by atoms with Gasteiger partial charge in [-0.15, -0.1) is 0 Å². The number of anilines is 1. The summed E-state index contributed by atoms with van der Waals surface area (Å²) in [7, 11) is 4.33. The molecule has 0 amide bonds. The second-order valence-electron chi connectivity index (χ2n) is 6.37. The van der Waals surface area contributed by atoms with E-state index in [1.165, 1.54) is 11.3 Å². The zero-order valence-electron chi connectivity index (χ0n) is 13.7. The third-order valence-electron chi connectivity index (χ3n) is 4.38. The van der Waals surface area contributed by atoms with Crippen LogP contribution >= 0.6 is 11.6 Å². The summed E-state index contributed by atoms with van der Waals surface area (Å²) in [4.78, 5) is 4.78. The average molecular weight is 310 g/mol. The zero-order chi connectivity index (χ0) is 15.4. The highest BCUT2D eigenvalue weighted by molar-refractivity contribution is 6.31. The van der Waals surface area contributed by atoms with Crippen LogP contribution in [-0.4, -0.2) is 44.7 Å². The molecule has 3 nitrogen and oxygen atoms in total. The van der Waals surface area contributed by atoms with Gasteiger partial charge in [-0.1, -0.05) is 31.5 Å². The van der Waals surface area contributed by atoms with Crippen LogP contribution in [0.15, 0.2) is 18.2 Å². The van der Waals surface area contributed by atoms with Crippen LogP contribution in [0.5, 0.6) is 0 Å². The van der Waals surface area contributed by atoms with Crippen LogP contribution in [0.2, 0.25) is 5.02 Å². The van der Waals surface area contributed by atoms with Gasteiger partial charge in [0.25, 0.3) is 0 Å². The molecule has 4 heteroatoms. The summed E-state index contributed by atoms with van der Waals surface area (Å²) in [6.45, 7) is 8.57. The first-order chi connectivity index (χ1) is 10.0. The quantitative estimate of drug-likeness (QED) is 0.814. The maximum absolute atomic E-state index is 6.44. The highest BCUT2D eigenvalue weighted by Gasteiger charge is 2.31. The molecule has 1 aromatic rings. The molecule has 0 saturated carbocycles. The Balaban J connectivity index is 2.03. The van der Waals surface area contributed by atoms with E-state index in [2.05, 4.69) is 61.3 Å². The molecule has 0 aliphatic carbocycles. The Bertz CT molecular complexity index is 461. The molecule has 2 unspecified atom stereocenters. The average Bonchev–Trinajstić information content (AvgIpc) is 2.83. The van der Waals surface area contributed by atoms with Crippen LogP contribution in [0, 0.1) is 5.92 Å². The fourth-order valence-electron chi connectivity index (χ4n) is 3.11. The Labute approximate surface area is 134 Å². The molecule has 118 valence electrons. The van der Waals surface area contributed by atoms with E-state index in [0.717, 1.165) is 37.6 Å². The van der Waals surface area contributed by atoms with E-state index in [0.29, 0.717) is 12.0 Å². The molecule has 1 aliphatic rings. The smallest absolute Gasteiger partial charge is 0.0471 e. The molecule has 0 aromatic heterocycles. The van der Waals surface area contributed by atoms with Crippen molar-refractivity contribution < 1.29 is 0 Å². The van der Waals surface area contributed by atoms with Crippen LogP contribution in [0.3, 0.4) is 0 Å². The third kappa shape index (κ3) is 4.12. The Hall–Kier alpha value is -0.770. The van der Waals surface area contributed by atoms with Gasteiger partial charge in [0.15, 0.2) is 0 Å². The van der Waals surface area contributed by atoms with Crippen LogP contribution in [0.4, 0.5) is 5.69 Å². The first kappa shape index (κ1) is 16.6. The predicted octanol–water partition coefficient (Wildman–Crippen LogP) is 3.23. The predicted molar refractivity (Wildman–Crippen MR) is 92.3 cm³/mol. The summed E-state index contributed by atoms with van der Waals surface area (Å²) in [6.07, 6.45) is 1.15. The van der Waals surface area contributed by atoms with Crippen molar-refractivity contribution in [2.75, 3.05) is 38.6 Å². The molecule has 0 bridgehead atoms. The molecule has 1 saturated heterocycles. The lowest BCUT2D eigenvalue weighted by Gasteiger charge is -2.23. The topological polar surface area (TPSA) is 18.5 Å². The fourth-order valence-corrected chi connectivity index (χ4v) is 3.35. The van der Waals surface area contributed by atoms with Crippen molar-refractivity contribution in [3.05, 3.63) is 28.8 Å². The summed E-state index contributed by atoms with van der Waals surface area (Å²) in [5.74, 6) is 0.685. The van der Waals surface area contributed by atoms with Crippen LogP contribution in [-0.2, 0) is 6.54 Å². The summed E-state index contributed by atoms with van der Waals surface area (Å²) >= 11 is 6.44. The second kappa shape index (κ2) is 7.48. The fraction of sp³-hybridized carbons (Fsp3) is 0.647. The molecule has 0 spiro atoms. The molecule has 1 aromatic carbocycles. The van der Waals surface area contributed by atoms with Crippen LogP contribution < -0.4 is 10.2 Å². The maximum Gasteiger partial charge on any atom is 0.0471 e. The van der Waals surface area contributed by atoms with E-state index in [-0.39, 0.29) is 0 Å². The van der Waals surface area contributed by atoms with Crippen molar-refractivity contribution in [3.63, 3.8) is 0 Å². The molecule has 2 rings (SSSR count). The molecule has 1 N–H and O–H groups in total. The SMILES string of the molecule is CCCNCc1ccc(N2CC(C)C(N(C)C)C2)cc1Cl. The second-order valence-corrected chi connectivity index (χ2v) is 6.77. The summed E-state index contributed by atoms with van der Waals surface area (Å²) in [5.41, 5.74) is 2.43. The Morgan fingerprint density at radius 3 is 2.67 bits per heavy atom. The largest absolute Gasteiger partial charge is 0.370 e. The molecule has 2 atom stereocenters. The maximum atomic E-state index is 6.44. The van der Waals surface area contributed by atoms with Gasteiger partial charge in [-0.2, -0.15) is 0 Å². The molecular weight excluding hydrogens is 282 g/mol. The van der Waals surface area contributed by atoms with E-state index in [1.807, 2.05) is 0 Å². The molecule has 1 heterocycles. The molecule has 0 radical (unpaired) electrons. The normalized spacial score (nSPS) is 22.3. The van der Waals surface area contributed by atoms with Gasteiger partial charge in [-0.05, 0) is 50.7 Å². The minimum Gasteiger partial charge on any atom is -0.370 e. The van der Waals surface area contributed by atoms with E-state index in [1.54, 1.807) is 0 Å². The van der Waals surface area contributed by atoms with Crippen molar-refractivity contribution in [1.29, 1.82) is 0 Å².